The average Bonchev–Trinajstić information content (AvgIpc) is 3.15. The lowest BCUT2D eigenvalue weighted by molar-refractivity contribution is -0.870. The maximum absolute atomic E-state index is 12.8. The first-order valence-electron chi connectivity index (χ1n) is 22.7. The summed E-state index contributed by atoms with van der Waals surface area (Å²) in [6.45, 7) is 4.55. The average molecular weight is 807 g/mol. The van der Waals surface area contributed by atoms with Gasteiger partial charge < -0.3 is 28.8 Å². The highest BCUT2D eigenvalue weighted by atomic mass is 31.2. The molecule has 0 heterocycles. The van der Waals surface area contributed by atoms with E-state index < -0.39 is 26.6 Å². The molecule has 0 saturated carbocycles. The second-order valence-electron chi connectivity index (χ2n) is 16.4. The van der Waals surface area contributed by atoms with E-state index in [-0.39, 0.29) is 12.5 Å². The fraction of sp³-hybridized carbons (Fsp3) is 0.766. The fourth-order valence-electron chi connectivity index (χ4n) is 6.02. The smallest absolute Gasteiger partial charge is 0.268 e. The molecular weight excluding hydrogens is 719 g/mol. The zero-order valence-corrected chi connectivity index (χ0v) is 37.7. The molecule has 8 nitrogen and oxygen atoms in total. The third-order valence-electron chi connectivity index (χ3n) is 9.68. The van der Waals surface area contributed by atoms with Crippen molar-refractivity contribution in [3.8, 4) is 0 Å². The van der Waals surface area contributed by atoms with Crippen molar-refractivity contribution >= 4 is 13.7 Å². The van der Waals surface area contributed by atoms with Crippen molar-refractivity contribution in [2.45, 2.75) is 193 Å². The van der Waals surface area contributed by atoms with Gasteiger partial charge in [-0.25, -0.2) is 0 Å². The highest BCUT2D eigenvalue weighted by Gasteiger charge is 2.23. The molecule has 9 heteroatoms. The number of phosphoric acid groups is 1. The molecule has 0 aliphatic carbocycles. The Morgan fingerprint density at radius 1 is 0.625 bits per heavy atom. The van der Waals surface area contributed by atoms with Crippen molar-refractivity contribution in [2.75, 3.05) is 40.9 Å². The summed E-state index contributed by atoms with van der Waals surface area (Å²) in [5.74, 6) is -0.229. The summed E-state index contributed by atoms with van der Waals surface area (Å²) in [5, 5.41) is 13.7. The van der Waals surface area contributed by atoms with E-state index in [0.717, 1.165) is 70.6 Å². The van der Waals surface area contributed by atoms with Crippen LogP contribution < -0.4 is 10.2 Å². The molecule has 2 N–H and O–H groups in total. The van der Waals surface area contributed by atoms with Gasteiger partial charge in [0.25, 0.3) is 7.82 Å². The molecule has 326 valence electrons. The van der Waals surface area contributed by atoms with Crippen molar-refractivity contribution < 1.29 is 32.9 Å². The van der Waals surface area contributed by atoms with Gasteiger partial charge in [-0.2, -0.15) is 0 Å². The van der Waals surface area contributed by atoms with Crippen LogP contribution in [0.25, 0.3) is 0 Å². The second kappa shape index (κ2) is 38.7. The number of phosphoric ester groups is 1. The number of hydrogen-bond acceptors (Lipinski definition) is 6. The minimum atomic E-state index is -4.60. The van der Waals surface area contributed by atoms with Gasteiger partial charge in [0.15, 0.2) is 0 Å². The van der Waals surface area contributed by atoms with Crippen LogP contribution in [0.5, 0.6) is 0 Å². The third kappa shape index (κ3) is 40.4. The van der Waals surface area contributed by atoms with E-state index in [9.17, 15) is 19.4 Å². The molecule has 3 atom stereocenters. The van der Waals surface area contributed by atoms with Gasteiger partial charge in [0.1, 0.15) is 13.2 Å². The van der Waals surface area contributed by atoms with Crippen LogP contribution in [0, 0.1) is 0 Å². The van der Waals surface area contributed by atoms with E-state index in [4.69, 9.17) is 9.05 Å². The van der Waals surface area contributed by atoms with Gasteiger partial charge in [0.2, 0.25) is 5.91 Å². The predicted octanol–water partition coefficient (Wildman–Crippen LogP) is 12.0. The largest absolute Gasteiger partial charge is 0.756 e. The lowest BCUT2D eigenvalue weighted by Gasteiger charge is -2.29. The van der Waals surface area contributed by atoms with Crippen LogP contribution in [0.3, 0.4) is 0 Å². The number of allylic oxidation sites excluding steroid dienone is 9. The molecule has 0 aromatic carbocycles. The molecule has 0 aliphatic rings. The van der Waals surface area contributed by atoms with E-state index in [2.05, 4.69) is 67.8 Å². The Labute approximate surface area is 345 Å². The molecule has 1 amide bonds. The molecule has 3 unspecified atom stereocenters. The Morgan fingerprint density at radius 2 is 1.07 bits per heavy atom. The summed E-state index contributed by atoms with van der Waals surface area (Å²) in [5.41, 5.74) is 0. The number of carbonyl (C=O) groups excluding carboxylic acids is 1. The molecule has 0 spiro atoms. The van der Waals surface area contributed by atoms with Gasteiger partial charge in [-0.3, -0.25) is 9.36 Å². The van der Waals surface area contributed by atoms with Crippen LogP contribution in [0.15, 0.2) is 60.8 Å². The van der Waals surface area contributed by atoms with Crippen molar-refractivity contribution in [1.82, 2.24) is 5.32 Å². The number of likely N-dealkylation sites (N-methyl/N-ethyl adjacent to an activating group) is 1. The van der Waals surface area contributed by atoms with E-state index >= 15 is 0 Å². The Bertz CT molecular complexity index is 1100. The van der Waals surface area contributed by atoms with Gasteiger partial charge in [0, 0.05) is 6.42 Å². The second-order valence-corrected chi connectivity index (χ2v) is 17.8. The highest BCUT2D eigenvalue weighted by molar-refractivity contribution is 7.45. The molecule has 0 bridgehead atoms. The van der Waals surface area contributed by atoms with E-state index in [1.807, 2.05) is 27.2 Å². The van der Waals surface area contributed by atoms with E-state index in [1.165, 1.54) is 89.9 Å². The van der Waals surface area contributed by atoms with Gasteiger partial charge >= 0.3 is 0 Å². The van der Waals surface area contributed by atoms with E-state index in [1.54, 1.807) is 6.08 Å². The minimum Gasteiger partial charge on any atom is -0.756 e. The Hall–Kier alpha value is -1.80. The standard InChI is InChI=1S/C47H87N2O6P/c1-6-8-10-12-14-16-18-20-22-23-24-25-26-27-28-30-32-34-36-38-40-46(50)45(44-55-56(52,53)54-43-42-49(3,4)5)48-47(51)41-39-37-35-33-31-29-21-19-17-15-13-11-9-7-2/h13,15,19,21,25-26,30,32,38,40,45-46,50H,6-12,14,16-18,20,22-24,27-29,31,33-37,39,41-44H2,1-5H3,(H-,48,51,52,53)/b15-13-,21-19-,26-25+,32-30+,40-38+. The van der Waals surface area contributed by atoms with Crippen LogP contribution in [-0.4, -0.2) is 68.5 Å². The zero-order valence-electron chi connectivity index (χ0n) is 36.8. The quantitative estimate of drug-likeness (QED) is 0.0276. The SMILES string of the molecule is CCCC/C=C\C/C=C\CCCCCCCC(=O)NC(COP(=O)([O-])OCC[N+](C)(C)C)C(O)/C=C/CC/C=C/CC/C=C/CCCCCCCCCCCC. The number of carbonyl (C=O) groups is 1. The summed E-state index contributed by atoms with van der Waals surface area (Å²) in [4.78, 5) is 25.3. The summed E-state index contributed by atoms with van der Waals surface area (Å²) in [6.07, 6.45) is 49.8. The summed E-state index contributed by atoms with van der Waals surface area (Å²) < 4.78 is 23.2. The van der Waals surface area contributed by atoms with Crippen LogP contribution in [-0.2, 0) is 18.4 Å². The van der Waals surface area contributed by atoms with Crippen molar-refractivity contribution in [1.29, 1.82) is 0 Å². The maximum atomic E-state index is 12.8. The van der Waals surface area contributed by atoms with Crippen LogP contribution in [0.4, 0.5) is 0 Å². The molecule has 0 aromatic rings. The number of aliphatic hydroxyl groups excluding tert-OH is 1. The minimum absolute atomic E-state index is 0.0142. The first-order valence-corrected chi connectivity index (χ1v) is 24.1. The summed E-state index contributed by atoms with van der Waals surface area (Å²) in [6, 6.07) is -0.918. The molecule has 0 saturated heterocycles. The van der Waals surface area contributed by atoms with Gasteiger partial charge in [-0.05, 0) is 70.6 Å². The Kier molecular flexibility index (Phi) is 37.5. The van der Waals surface area contributed by atoms with Gasteiger partial charge in [-0.1, -0.05) is 164 Å². The molecule has 0 fully saturated rings. The normalized spacial score (nSPS) is 14.9. The summed E-state index contributed by atoms with van der Waals surface area (Å²) >= 11 is 0. The molecule has 0 aromatic heterocycles. The number of amides is 1. The molecule has 0 aliphatic heterocycles. The van der Waals surface area contributed by atoms with Crippen molar-refractivity contribution in [3.63, 3.8) is 0 Å². The molecule has 56 heavy (non-hydrogen) atoms. The van der Waals surface area contributed by atoms with Crippen LogP contribution in [0.1, 0.15) is 181 Å². The zero-order chi connectivity index (χ0) is 41.4. The molecular formula is C47H87N2O6P. The van der Waals surface area contributed by atoms with Crippen molar-refractivity contribution in [2.24, 2.45) is 0 Å². The predicted molar refractivity (Wildman–Crippen MR) is 237 cm³/mol. The number of nitrogens with zero attached hydrogens (tertiary/aromatic N) is 1. The number of rotatable bonds is 40. The topological polar surface area (TPSA) is 108 Å². The van der Waals surface area contributed by atoms with Crippen molar-refractivity contribution in [3.05, 3.63) is 60.8 Å². The lowest BCUT2D eigenvalue weighted by atomic mass is 10.1. The summed E-state index contributed by atoms with van der Waals surface area (Å²) in [7, 11) is 1.22. The molecule has 0 rings (SSSR count). The van der Waals surface area contributed by atoms with E-state index in [0.29, 0.717) is 17.4 Å². The monoisotopic (exact) mass is 807 g/mol. The lowest BCUT2D eigenvalue weighted by Crippen LogP contribution is -2.45. The number of aliphatic hydroxyl groups is 1. The fourth-order valence-corrected chi connectivity index (χ4v) is 6.75. The Morgan fingerprint density at radius 3 is 1.61 bits per heavy atom. The third-order valence-corrected chi connectivity index (χ3v) is 10.6. The van der Waals surface area contributed by atoms with Crippen LogP contribution in [0.2, 0.25) is 0 Å². The first kappa shape index (κ1) is 54.2. The number of hydrogen-bond donors (Lipinski definition) is 2. The van der Waals surface area contributed by atoms with Gasteiger partial charge in [-0.15, -0.1) is 0 Å². The van der Waals surface area contributed by atoms with Gasteiger partial charge in [0.05, 0.1) is 39.9 Å². The Balaban J connectivity index is 4.52. The number of unbranched alkanes of at least 4 members (excludes halogenated alkanes) is 19. The van der Waals surface area contributed by atoms with Crippen LogP contribution >= 0.6 is 7.82 Å². The molecule has 0 radical (unpaired) electrons. The maximum Gasteiger partial charge on any atom is 0.268 e. The highest BCUT2D eigenvalue weighted by Crippen LogP contribution is 2.38. The first-order chi connectivity index (χ1) is 27.0. The number of nitrogens with one attached hydrogen (secondary N) is 1. The number of quaternary nitrogens is 1.